The number of carbonyl (C=O) groups excluding carboxylic acids is 1. The molecule has 0 aliphatic heterocycles. The van der Waals surface area contributed by atoms with Gasteiger partial charge in [-0.05, 0) is 52.7 Å². The Morgan fingerprint density at radius 3 is 2.63 bits per heavy atom. The molecular weight excluding hydrogens is 238 g/mol. The van der Waals surface area contributed by atoms with Crippen molar-refractivity contribution in [3.8, 4) is 0 Å². The molecule has 4 nitrogen and oxygen atoms in total. The first-order valence-electron chi connectivity index (χ1n) is 6.73. The molecule has 2 N–H and O–H groups in total. The van der Waals surface area contributed by atoms with Crippen molar-refractivity contribution < 1.29 is 4.79 Å². The van der Waals surface area contributed by atoms with Gasteiger partial charge in [0.25, 0.3) is 5.91 Å². The highest BCUT2D eigenvalue weighted by Crippen LogP contribution is 2.09. The second-order valence-electron chi connectivity index (χ2n) is 5.03. The Hall–Kier alpha value is -1.39. The van der Waals surface area contributed by atoms with Crippen LogP contribution in [0.1, 0.15) is 22.8 Å². The van der Waals surface area contributed by atoms with E-state index in [1.807, 2.05) is 45.4 Å². The van der Waals surface area contributed by atoms with E-state index in [-0.39, 0.29) is 5.91 Å². The Balaban J connectivity index is 2.65. The van der Waals surface area contributed by atoms with Crippen LogP contribution < -0.4 is 10.6 Å². The van der Waals surface area contributed by atoms with Crippen molar-refractivity contribution in [2.45, 2.75) is 19.4 Å². The maximum absolute atomic E-state index is 12.2. The van der Waals surface area contributed by atoms with Crippen LogP contribution in [-0.4, -0.2) is 51.1 Å². The lowest BCUT2D eigenvalue weighted by molar-refractivity contribution is 0.0942. The van der Waals surface area contributed by atoms with Crippen LogP contribution in [0.3, 0.4) is 0 Å². The van der Waals surface area contributed by atoms with E-state index in [1.54, 1.807) is 0 Å². The number of carbonyl (C=O) groups is 1. The molecular formula is C15H25N3O. The predicted octanol–water partition coefficient (Wildman–Crippen LogP) is 1.13. The Morgan fingerprint density at radius 2 is 2.00 bits per heavy atom. The van der Waals surface area contributed by atoms with Gasteiger partial charge in [-0.25, -0.2) is 0 Å². The third-order valence-electron chi connectivity index (χ3n) is 3.35. The molecule has 1 atom stereocenters. The van der Waals surface area contributed by atoms with Crippen LogP contribution in [0.25, 0.3) is 0 Å². The highest BCUT2D eigenvalue weighted by Gasteiger charge is 2.12. The minimum Gasteiger partial charge on any atom is -0.350 e. The average molecular weight is 263 g/mol. The molecule has 0 saturated carbocycles. The summed E-state index contributed by atoms with van der Waals surface area (Å²) in [6, 6.07) is 8.12. The zero-order chi connectivity index (χ0) is 14.3. The van der Waals surface area contributed by atoms with Crippen LogP contribution in [0.5, 0.6) is 0 Å². The van der Waals surface area contributed by atoms with Gasteiger partial charge < -0.3 is 15.5 Å². The molecule has 0 bridgehead atoms. The summed E-state index contributed by atoms with van der Waals surface area (Å²) in [4.78, 5) is 14.3. The van der Waals surface area contributed by atoms with E-state index >= 15 is 0 Å². The Labute approximate surface area is 116 Å². The molecule has 0 fully saturated rings. The van der Waals surface area contributed by atoms with Gasteiger partial charge in [-0.3, -0.25) is 4.79 Å². The van der Waals surface area contributed by atoms with Gasteiger partial charge >= 0.3 is 0 Å². The Kier molecular flexibility index (Phi) is 6.53. The third kappa shape index (κ3) is 5.01. The van der Waals surface area contributed by atoms with Gasteiger partial charge in [0, 0.05) is 18.2 Å². The average Bonchev–Trinajstić information content (AvgIpc) is 2.42. The number of hydrogen-bond acceptors (Lipinski definition) is 3. The molecule has 1 unspecified atom stereocenters. The number of hydrogen-bond donors (Lipinski definition) is 2. The number of nitrogens with one attached hydrogen (secondary N) is 2. The fourth-order valence-corrected chi connectivity index (χ4v) is 1.74. The summed E-state index contributed by atoms with van der Waals surface area (Å²) in [6.45, 7) is 3.62. The lowest BCUT2D eigenvalue weighted by atomic mass is 10.0. The summed E-state index contributed by atoms with van der Waals surface area (Å²) in [5.74, 6) is 0.0143. The van der Waals surface area contributed by atoms with E-state index in [0.717, 1.165) is 24.1 Å². The topological polar surface area (TPSA) is 44.4 Å². The van der Waals surface area contributed by atoms with Crippen molar-refractivity contribution in [1.29, 1.82) is 0 Å². The van der Waals surface area contributed by atoms with Crippen molar-refractivity contribution in [2.75, 3.05) is 34.2 Å². The van der Waals surface area contributed by atoms with Crippen LogP contribution in [0.2, 0.25) is 0 Å². The van der Waals surface area contributed by atoms with Crippen LogP contribution in [0.4, 0.5) is 0 Å². The summed E-state index contributed by atoms with van der Waals surface area (Å²) < 4.78 is 0. The van der Waals surface area contributed by atoms with Crippen LogP contribution in [0.15, 0.2) is 24.3 Å². The molecule has 4 heteroatoms. The Morgan fingerprint density at radius 1 is 1.32 bits per heavy atom. The zero-order valence-electron chi connectivity index (χ0n) is 12.4. The minimum atomic E-state index is 0.0143. The molecule has 1 aromatic rings. The van der Waals surface area contributed by atoms with Crippen molar-refractivity contribution in [3.05, 3.63) is 35.4 Å². The predicted molar refractivity (Wildman–Crippen MR) is 79.6 cm³/mol. The van der Waals surface area contributed by atoms with Crippen LogP contribution in [0, 0.1) is 0 Å². The molecule has 0 spiro atoms. The van der Waals surface area contributed by atoms with Gasteiger partial charge in [0.1, 0.15) is 0 Å². The first kappa shape index (κ1) is 15.7. The van der Waals surface area contributed by atoms with Crippen molar-refractivity contribution >= 4 is 5.91 Å². The normalized spacial score (nSPS) is 12.5. The first-order valence-corrected chi connectivity index (χ1v) is 6.73. The lowest BCUT2D eigenvalue weighted by Gasteiger charge is -2.20. The second-order valence-corrected chi connectivity index (χ2v) is 5.03. The molecule has 106 valence electrons. The van der Waals surface area contributed by atoms with Crippen molar-refractivity contribution in [1.82, 2.24) is 15.5 Å². The van der Waals surface area contributed by atoms with E-state index < -0.39 is 0 Å². The molecule has 0 radical (unpaired) electrons. The summed E-state index contributed by atoms with van der Waals surface area (Å²) >= 11 is 0. The quantitative estimate of drug-likeness (QED) is 0.775. The van der Waals surface area contributed by atoms with Gasteiger partial charge in [-0.2, -0.15) is 0 Å². The molecule has 0 heterocycles. The van der Waals surface area contributed by atoms with Gasteiger partial charge in [0.15, 0.2) is 0 Å². The summed E-state index contributed by atoms with van der Waals surface area (Å²) in [5, 5.41) is 6.10. The van der Waals surface area contributed by atoms with Gasteiger partial charge in [-0.15, -0.1) is 0 Å². The molecule has 19 heavy (non-hydrogen) atoms. The van der Waals surface area contributed by atoms with Crippen molar-refractivity contribution in [2.24, 2.45) is 0 Å². The van der Waals surface area contributed by atoms with E-state index in [4.69, 9.17) is 0 Å². The van der Waals surface area contributed by atoms with Gasteiger partial charge in [-0.1, -0.05) is 18.2 Å². The molecule has 1 amide bonds. The number of rotatable bonds is 7. The van der Waals surface area contributed by atoms with E-state index in [1.165, 1.54) is 0 Å². The summed E-state index contributed by atoms with van der Waals surface area (Å²) in [6.07, 6.45) is 0.864. The lowest BCUT2D eigenvalue weighted by Crippen LogP contribution is -2.38. The van der Waals surface area contributed by atoms with E-state index in [2.05, 4.69) is 22.5 Å². The fourth-order valence-electron chi connectivity index (χ4n) is 1.74. The smallest absolute Gasteiger partial charge is 0.251 e. The maximum atomic E-state index is 12.2. The number of nitrogens with zero attached hydrogens (tertiary/aromatic N) is 1. The zero-order valence-corrected chi connectivity index (χ0v) is 12.4. The number of likely N-dealkylation sites (N-methyl/N-ethyl adjacent to an activating group) is 2. The molecule has 0 saturated heterocycles. The van der Waals surface area contributed by atoms with Gasteiger partial charge in [0.05, 0.1) is 0 Å². The van der Waals surface area contributed by atoms with E-state index in [9.17, 15) is 4.79 Å². The van der Waals surface area contributed by atoms with Crippen LogP contribution >= 0.6 is 0 Å². The molecule has 0 aromatic heterocycles. The monoisotopic (exact) mass is 263 g/mol. The largest absolute Gasteiger partial charge is 0.350 e. The molecule has 0 aliphatic carbocycles. The summed E-state index contributed by atoms with van der Waals surface area (Å²) in [7, 11) is 5.94. The van der Waals surface area contributed by atoms with Crippen LogP contribution in [-0.2, 0) is 6.42 Å². The maximum Gasteiger partial charge on any atom is 0.251 e. The minimum absolute atomic E-state index is 0.0143. The third-order valence-corrected chi connectivity index (χ3v) is 3.35. The standard InChI is InChI=1S/C15H25N3O/c1-12(18(3)4)11-17-15(19)14-8-6-5-7-13(14)9-10-16-2/h5-8,12,16H,9-11H2,1-4H3,(H,17,19). The van der Waals surface area contributed by atoms with Crippen molar-refractivity contribution in [3.63, 3.8) is 0 Å². The highest BCUT2D eigenvalue weighted by atomic mass is 16.1. The highest BCUT2D eigenvalue weighted by molar-refractivity contribution is 5.95. The number of amides is 1. The Bertz CT molecular complexity index is 404. The van der Waals surface area contributed by atoms with Gasteiger partial charge in [0.2, 0.25) is 0 Å². The SMILES string of the molecule is CNCCc1ccccc1C(=O)NCC(C)N(C)C. The number of benzene rings is 1. The fraction of sp³-hybridized carbons (Fsp3) is 0.533. The molecule has 0 aliphatic rings. The molecule has 1 rings (SSSR count). The summed E-state index contributed by atoms with van der Waals surface area (Å²) in [5.41, 5.74) is 1.87. The first-order chi connectivity index (χ1) is 9.06. The van der Waals surface area contributed by atoms with E-state index in [0.29, 0.717) is 12.6 Å². The molecule has 1 aromatic carbocycles. The second kappa shape index (κ2) is 7.92.